The first-order valence-electron chi connectivity index (χ1n) is 8.77. The molecule has 2 fully saturated rings. The van der Waals surface area contributed by atoms with Gasteiger partial charge in [-0.2, -0.15) is 0 Å². The highest BCUT2D eigenvalue weighted by molar-refractivity contribution is 5.92. The van der Waals surface area contributed by atoms with E-state index in [1.54, 1.807) is 6.20 Å². The van der Waals surface area contributed by atoms with Crippen molar-refractivity contribution in [2.75, 3.05) is 24.5 Å². The van der Waals surface area contributed by atoms with Crippen molar-refractivity contribution >= 4 is 11.7 Å². The van der Waals surface area contributed by atoms with Crippen LogP contribution in [0.4, 0.5) is 5.82 Å². The average molecular weight is 318 g/mol. The van der Waals surface area contributed by atoms with Crippen LogP contribution in [0.3, 0.4) is 0 Å². The van der Waals surface area contributed by atoms with Crippen molar-refractivity contribution < 1.29 is 9.90 Å². The van der Waals surface area contributed by atoms with Gasteiger partial charge in [0.15, 0.2) is 0 Å². The molecule has 1 aliphatic carbocycles. The van der Waals surface area contributed by atoms with E-state index < -0.39 is 0 Å². The van der Waals surface area contributed by atoms with Crippen LogP contribution >= 0.6 is 0 Å². The molecule has 0 aromatic carbocycles. The normalized spacial score (nSPS) is 24.7. The smallest absolute Gasteiger partial charge is 0.271 e. The highest BCUT2D eigenvalue weighted by atomic mass is 16.3. The molecule has 1 aromatic rings. The monoisotopic (exact) mass is 318 g/mol. The van der Waals surface area contributed by atoms with E-state index in [0.717, 1.165) is 44.6 Å². The predicted molar refractivity (Wildman–Crippen MR) is 88.4 cm³/mol. The zero-order valence-electron chi connectivity index (χ0n) is 13.6. The fourth-order valence-corrected chi connectivity index (χ4v) is 3.55. The largest absolute Gasteiger partial charge is 0.393 e. The number of aliphatic hydroxyl groups excluding tert-OH is 1. The molecule has 6 heteroatoms. The van der Waals surface area contributed by atoms with Crippen LogP contribution in [0.25, 0.3) is 0 Å². The third kappa shape index (κ3) is 4.19. The van der Waals surface area contributed by atoms with Gasteiger partial charge < -0.3 is 15.3 Å². The van der Waals surface area contributed by atoms with Gasteiger partial charge in [-0.25, -0.2) is 4.98 Å². The van der Waals surface area contributed by atoms with E-state index >= 15 is 0 Å². The number of aromatic nitrogens is 2. The Morgan fingerprint density at radius 3 is 2.78 bits per heavy atom. The summed E-state index contributed by atoms with van der Waals surface area (Å²) in [6.07, 6.45) is 10.4. The molecule has 2 aliphatic rings. The molecule has 6 nitrogen and oxygen atoms in total. The Hall–Kier alpha value is -1.69. The number of hydrogen-bond acceptors (Lipinski definition) is 5. The van der Waals surface area contributed by atoms with Gasteiger partial charge in [0.05, 0.1) is 18.5 Å². The summed E-state index contributed by atoms with van der Waals surface area (Å²) in [6.45, 7) is 2.55. The number of carbonyl (C=O) groups is 1. The van der Waals surface area contributed by atoms with E-state index in [0.29, 0.717) is 18.2 Å². The number of nitrogens with zero attached hydrogens (tertiary/aromatic N) is 3. The summed E-state index contributed by atoms with van der Waals surface area (Å²) < 4.78 is 0. The lowest BCUT2D eigenvalue weighted by atomic mass is 9.84. The summed E-state index contributed by atoms with van der Waals surface area (Å²) in [4.78, 5) is 23.0. The number of carbonyl (C=O) groups excluding carboxylic acids is 1. The Bertz CT molecular complexity index is 531. The molecule has 23 heavy (non-hydrogen) atoms. The molecule has 126 valence electrons. The Balaban J connectivity index is 1.50. The molecule has 1 saturated carbocycles. The molecule has 0 unspecified atom stereocenters. The Morgan fingerprint density at radius 2 is 2.00 bits per heavy atom. The van der Waals surface area contributed by atoms with Crippen LogP contribution in [0.1, 0.15) is 55.4 Å². The van der Waals surface area contributed by atoms with Crippen molar-refractivity contribution in [3.8, 4) is 0 Å². The highest BCUT2D eigenvalue weighted by Gasteiger charge is 2.23. The number of amides is 1. The van der Waals surface area contributed by atoms with Crippen molar-refractivity contribution in [3.63, 3.8) is 0 Å². The third-order valence-corrected chi connectivity index (χ3v) is 4.95. The minimum atomic E-state index is -0.209. The van der Waals surface area contributed by atoms with E-state index in [1.165, 1.54) is 25.5 Å². The maximum absolute atomic E-state index is 12.2. The van der Waals surface area contributed by atoms with Gasteiger partial charge in [0.2, 0.25) is 0 Å². The van der Waals surface area contributed by atoms with Crippen molar-refractivity contribution in [3.05, 3.63) is 18.1 Å². The van der Waals surface area contributed by atoms with Gasteiger partial charge in [0, 0.05) is 19.6 Å². The Kier molecular flexibility index (Phi) is 5.43. The Labute approximate surface area is 137 Å². The minimum absolute atomic E-state index is 0.177. The quantitative estimate of drug-likeness (QED) is 0.865. The summed E-state index contributed by atoms with van der Waals surface area (Å²) >= 11 is 0. The molecule has 1 saturated heterocycles. The molecule has 3 rings (SSSR count). The fourth-order valence-electron chi connectivity index (χ4n) is 3.55. The standard InChI is InChI=1S/C17H26N4O2/c22-15-6-2-1-5-13(15)7-8-19-17(23)14-11-18-12-16(20-14)21-9-3-4-10-21/h11-13,15,22H,1-10H2,(H,19,23)/t13-,15-/m1/s1. The summed E-state index contributed by atoms with van der Waals surface area (Å²) in [6, 6.07) is 0. The first kappa shape index (κ1) is 16.2. The first-order chi connectivity index (χ1) is 11.2. The third-order valence-electron chi connectivity index (χ3n) is 4.95. The lowest BCUT2D eigenvalue weighted by molar-refractivity contribution is 0.0643. The van der Waals surface area contributed by atoms with Crippen LogP contribution in [-0.2, 0) is 0 Å². The molecular weight excluding hydrogens is 292 g/mol. The number of anilines is 1. The van der Waals surface area contributed by atoms with Crippen molar-refractivity contribution in [2.45, 2.75) is 51.0 Å². The molecule has 1 aromatic heterocycles. The van der Waals surface area contributed by atoms with E-state index in [9.17, 15) is 9.90 Å². The molecule has 1 aliphatic heterocycles. The topological polar surface area (TPSA) is 78.3 Å². The van der Waals surface area contributed by atoms with E-state index in [-0.39, 0.29) is 12.0 Å². The molecule has 0 bridgehead atoms. The summed E-state index contributed by atoms with van der Waals surface area (Å²) in [5.74, 6) is 0.924. The van der Waals surface area contributed by atoms with Crippen LogP contribution < -0.4 is 10.2 Å². The zero-order chi connectivity index (χ0) is 16.1. The van der Waals surface area contributed by atoms with Gasteiger partial charge >= 0.3 is 0 Å². The first-order valence-corrected chi connectivity index (χ1v) is 8.77. The van der Waals surface area contributed by atoms with Crippen LogP contribution in [0, 0.1) is 5.92 Å². The number of aliphatic hydroxyl groups is 1. The van der Waals surface area contributed by atoms with E-state index in [2.05, 4.69) is 20.2 Å². The second-order valence-corrected chi connectivity index (χ2v) is 6.61. The maximum Gasteiger partial charge on any atom is 0.271 e. The van der Waals surface area contributed by atoms with Gasteiger partial charge in [0.1, 0.15) is 11.5 Å². The van der Waals surface area contributed by atoms with Gasteiger partial charge in [0.25, 0.3) is 5.91 Å². The van der Waals surface area contributed by atoms with Crippen LogP contribution in [0.5, 0.6) is 0 Å². The minimum Gasteiger partial charge on any atom is -0.393 e. The molecule has 2 heterocycles. The number of rotatable bonds is 5. The molecule has 2 N–H and O–H groups in total. The number of nitrogens with one attached hydrogen (secondary N) is 1. The molecule has 1 amide bonds. The van der Waals surface area contributed by atoms with Crippen molar-refractivity contribution in [2.24, 2.45) is 5.92 Å². The highest BCUT2D eigenvalue weighted by Crippen LogP contribution is 2.26. The van der Waals surface area contributed by atoms with Crippen LogP contribution in [0.15, 0.2) is 12.4 Å². The van der Waals surface area contributed by atoms with E-state index in [4.69, 9.17) is 0 Å². The second kappa shape index (κ2) is 7.73. The van der Waals surface area contributed by atoms with Gasteiger partial charge in [-0.3, -0.25) is 9.78 Å². The van der Waals surface area contributed by atoms with E-state index in [1.807, 2.05) is 0 Å². The lowest BCUT2D eigenvalue weighted by Crippen LogP contribution is -2.31. The Morgan fingerprint density at radius 1 is 1.22 bits per heavy atom. The molecular formula is C17H26N4O2. The SMILES string of the molecule is O=C(NCC[C@H]1CCCC[C@H]1O)c1cncc(N2CCCC2)n1. The van der Waals surface area contributed by atoms with Crippen LogP contribution in [-0.4, -0.2) is 46.7 Å². The number of hydrogen-bond donors (Lipinski definition) is 2. The van der Waals surface area contributed by atoms with Crippen molar-refractivity contribution in [1.29, 1.82) is 0 Å². The van der Waals surface area contributed by atoms with Crippen molar-refractivity contribution in [1.82, 2.24) is 15.3 Å². The molecule has 0 radical (unpaired) electrons. The van der Waals surface area contributed by atoms with Gasteiger partial charge in [-0.15, -0.1) is 0 Å². The molecule has 0 spiro atoms. The average Bonchev–Trinajstić information content (AvgIpc) is 3.11. The van der Waals surface area contributed by atoms with Crippen LogP contribution in [0.2, 0.25) is 0 Å². The summed E-state index contributed by atoms with van der Waals surface area (Å²) in [5, 5.41) is 12.9. The summed E-state index contributed by atoms with van der Waals surface area (Å²) in [5.41, 5.74) is 0.374. The fraction of sp³-hybridized carbons (Fsp3) is 0.706. The van der Waals surface area contributed by atoms with Gasteiger partial charge in [-0.1, -0.05) is 12.8 Å². The maximum atomic E-state index is 12.2. The lowest BCUT2D eigenvalue weighted by Gasteiger charge is -2.27. The second-order valence-electron chi connectivity index (χ2n) is 6.61. The predicted octanol–water partition coefficient (Wildman–Crippen LogP) is 1.75. The zero-order valence-corrected chi connectivity index (χ0v) is 13.6. The molecule has 2 atom stereocenters. The summed E-state index contributed by atoms with van der Waals surface area (Å²) in [7, 11) is 0. The van der Waals surface area contributed by atoms with Gasteiger partial charge in [-0.05, 0) is 38.0 Å².